The van der Waals surface area contributed by atoms with Crippen molar-refractivity contribution in [3.05, 3.63) is 101 Å². The monoisotopic (exact) mass is 402 g/mol. The zero-order valence-corrected chi connectivity index (χ0v) is 16.6. The Bertz CT molecular complexity index is 1070. The molecule has 0 radical (unpaired) electrons. The topological polar surface area (TPSA) is 41.9 Å². The van der Waals surface area contributed by atoms with Crippen LogP contribution < -0.4 is 9.64 Å². The van der Waals surface area contributed by atoms with E-state index in [1.165, 1.54) is 0 Å². The Morgan fingerprint density at radius 2 is 1.66 bits per heavy atom. The summed E-state index contributed by atoms with van der Waals surface area (Å²) in [6, 6.07) is 24.4. The first-order valence-electron chi connectivity index (χ1n) is 9.34. The van der Waals surface area contributed by atoms with Crippen LogP contribution in [0.15, 0.2) is 89.6 Å². The molecule has 0 spiro atoms. The first-order chi connectivity index (χ1) is 14.2. The summed E-state index contributed by atoms with van der Waals surface area (Å²) < 4.78 is 5.52. The summed E-state index contributed by atoms with van der Waals surface area (Å²) >= 11 is 5.96. The number of anilines is 1. The molecule has 0 saturated carbocycles. The maximum absolute atomic E-state index is 13.3. The van der Waals surface area contributed by atoms with E-state index in [0.29, 0.717) is 23.2 Å². The number of hydrogen-bond acceptors (Lipinski definition) is 3. The van der Waals surface area contributed by atoms with Crippen LogP contribution in [0, 0.1) is 0 Å². The van der Waals surface area contributed by atoms with Crippen LogP contribution in [0.2, 0.25) is 5.02 Å². The predicted octanol–water partition coefficient (Wildman–Crippen LogP) is 5.57. The average Bonchev–Trinajstić information content (AvgIpc) is 3.07. The summed E-state index contributed by atoms with van der Waals surface area (Å²) in [5.41, 5.74) is 2.84. The number of amides is 1. The number of amidine groups is 1. The minimum absolute atomic E-state index is 0.178. The Kier molecular flexibility index (Phi) is 5.45. The summed E-state index contributed by atoms with van der Waals surface area (Å²) in [6.45, 7) is 2.53. The number of ether oxygens (including phenoxy) is 1. The van der Waals surface area contributed by atoms with E-state index in [0.717, 1.165) is 22.6 Å². The highest BCUT2D eigenvalue weighted by Gasteiger charge is 2.32. The lowest BCUT2D eigenvalue weighted by Crippen LogP contribution is -2.32. The summed E-state index contributed by atoms with van der Waals surface area (Å²) in [4.78, 5) is 19.6. The lowest BCUT2D eigenvalue weighted by molar-refractivity contribution is -0.113. The summed E-state index contributed by atoms with van der Waals surface area (Å²) in [6.07, 6.45) is 1.77. The van der Waals surface area contributed by atoms with Gasteiger partial charge >= 0.3 is 0 Å². The summed E-state index contributed by atoms with van der Waals surface area (Å²) in [5.74, 6) is 1.18. The van der Waals surface area contributed by atoms with Crippen LogP contribution in [0.1, 0.15) is 18.1 Å². The first-order valence-corrected chi connectivity index (χ1v) is 9.72. The van der Waals surface area contributed by atoms with Crippen LogP contribution in [0.3, 0.4) is 0 Å². The van der Waals surface area contributed by atoms with Gasteiger partial charge < -0.3 is 4.74 Å². The molecule has 1 amide bonds. The van der Waals surface area contributed by atoms with E-state index in [1.807, 2.05) is 73.7 Å². The fourth-order valence-electron chi connectivity index (χ4n) is 3.11. The minimum Gasteiger partial charge on any atom is -0.494 e. The number of rotatable bonds is 5. The van der Waals surface area contributed by atoms with Gasteiger partial charge in [-0.25, -0.2) is 4.99 Å². The molecule has 5 heteroatoms. The van der Waals surface area contributed by atoms with Gasteiger partial charge in [0.15, 0.2) is 0 Å². The smallest absolute Gasteiger partial charge is 0.282 e. The van der Waals surface area contributed by atoms with Crippen molar-refractivity contribution in [3.8, 4) is 5.75 Å². The molecule has 144 valence electrons. The third-order valence-electron chi connectivity index (χ3n) is 4.47. The number of halogens is 1. The van der Waals surface area contributed by atoms with Gasteiger partial charge in [-0.1, -0.05) is 54.1 Å². The van der Waals surface area contributed by atoms with Gasteiger partial charge in [0.25, 0.3) is 5.91 Å². The van der Waals surface area contributed by atoms with Gasteiger partial charge in [-0.05, 0) is 55.0 Å². The second-order valence-electron chi connectivity index (χ2n) is 6.45. The van der Waals surface area contributed by atoms with E-state index in [1.54, 1.807) is 23.1 Å². The average molecular weight is 403 g/mol. The Morgan fingerprint density at radius 1 is 0.966 bits per heavy atom. The molecule has 0 aliphatic carbocycles. The Balaban J connectivity index is 1.76. The van der Waals surface area contributed by atoms with Gasteiger partial charge in [0.2, 0.25) is 0 Å². The highest BCUT2D eigenvalue weighted by atomic mass is 35.5. The number of carbonyl (C=O) groups is 1. The Morgan fingerprint density at radius 3 is 2.31 bits per heavy atom. The van der Waals surface area contributed by atoms with E-state index < -0.39 is 0 Å². The molecule has 1 aliphatic heterocycles. The molecule has 1 aliphatic rings. The molecule has 1 heterocycles. The zero-order chi connectivity index (χ0) is 20.2. The van der Waals surface area contributed by atoms with E-state index >= 15 is 0 Å². The van der Waals surface area contributed by atoms with Crippen molar-refractivity contribution in [2.24, 2.45) is 4.99 Å². The van der Waals surface area contributed by atoms with E-state index in [2.05, 4.69) is 4.99 Å². The zero-order valence-electron chi connectivity index (χ0n) is 15.9. The number of benzene rings is 3. The van der Waals surface area contributed by atoms with E-state index in [4.69, 9.17) is 16.3 Å². The molecule has 0 unspecified atom stereocenters. The Labute approximate surface area is 174 Å². The second kappa shape index (κ2) is 8.33. The van der Waals surface area contributed by atoms with Gasteiger partial charge in [-0.3, -0.25) is 9.69 Å². The van der Waals surface area contributed by atoms with Crippen LogP contribution in [-0.2, 0) is 4.79 Å². The summed E-state index contributed by atoms with van der Waals surface area (Å²) in [5, 5.41) is 0.648. The third kappa shape index (κ3) is 4.08. The largest absolute Gasteiger partial charge is 0.494 e. The second-order valence-corrected chi connectivity index (χ2v) is 6.89. The normalized spacial score (nSPS) is 15.0. The lowest BCUT2D eigenvalue weighted by Gasteiger charge is -2.19. The molecule has 0 bridgehead atoms. The lowest BCUT2D eigenvalue weighted by atomic mass is 10.1. The maximum Gasteiger partial charge on any atom is 0.282 e. The molecule has 0 fully saturated rings. The van der Waals surface area contributed by atoms with Crippen LogP contribution in [0.5, 0.6) is 5.75 Å². The van der Waals surface area contributed by atoms with E-state index in [9.17, 15) is 4.79 Å². The van der Waals surface area contributed by atoms with Gasteiger partial charge in [-0.15, -0.1) is 0 Å². The fourth-order valence-corrected chi connectivity index (χ4v) is 3.24. The van der Waals surface area contributed by atoms with Crippen LogP contribution in [0.4, 0.5) is 5.69 Å². The van der Waals surface area contributed by atoms with E-state index in [-0.39, 0.29) is 5.91 Å². The first kappa shape index (κ1) is 19.0. The number of aliphatic imine (C=N–C) groups is 1. The molecule has 4 nitrogen and oxygen atoms in total. The van der Waals surface area contributed by atoms with Crippen LogP contribution in [0.25, 0.3) is 6.08 Å². The number of hydrogen-bond donors (Lipinski definition) is 0. The standard InChI is InChI=1S/C24H19ClN2O2/c1-2-29-21-14-12-20(13-15-21)27-23(18-6-4-3-5-7-18)26-22(24(27)28)16-17-8-10-19(25)11-9-17/h3-16H,2H2,1H3/b22-16+. The number of carbonyl (C=O) groups excluding carboxylic acids is 1. The molecular weight excluding hydrogens is 384 g/mol. The molecule has 0 saturated heterocycles. The van der Waals surface area contributed by atoms with Crippen molar-refractivity contribution in [1.82, 2.24) is 0 Å². The predicted molar refractivity (Wildman–Crippen MR) is 118 cm³/mol. The van der Waals surface area contributed by atoms with Crippen molar-refractivity contribution < 1.29 is 9.53 Å². The van der Waals surface area contributed by atoms with Gasteiger partial charge in [0.05, 0.1) is 12.3 Å². The molecular formula is C24H19ClN2O2. The molecule has 0 atom stereocenters. The molecule has 4 rings (SSSR count). The van der Waals surface area contributed by atoms with Gasteiger partial charge in [-0.2, -0.15) is 0 Å². The van der Waals surface area contributed by atoms with Crippen LogP contribution >= 0.6 is 11.6 Å². The van der Waals surface area contributed by atoms with Crippen molar-refractivity contribution in [2.45, 2.75) is 6.92 Å². The summed E-state index contributed by atoms with van der Waals surface area (Å²) in [7, 11) is 0. The van der Waals surface area contributed by atoms with Gasteiger partial charge in [0, 0.05) is 10.6 Å². The molecule has 0 N–H and O–H groups in total. The Hall–Kier alpha value is -3.37. The molecule has 0 aromatic heterocycles. The highest BCUT2D eigenvalue weighted by molar-refractivity contribution is 6.33. The van der Waals surface area contributed by atoms with Gasteiger partial charge in [0.1, 0.15) is 17.3 Å². The SMILES string of the molecule is CCOc1ccc(N2C(=O)/C(=C\c3ccc(Cl)cc3)N=C2c2ccccc2)cc1. The maximum atomic E-state index is 13.3. The third-order valence-corrected chi connectivity index (χ3v) is 4.72. The van der Waals surface area contributed by atoms with Crippen molar-refractivity contribution in [3.63, 3.8) is 0 Å². The van der Waals surface area contributed by atoms with Crippen molar-refractivity contribution in [2.75, 3.05) is 11.5 Å². The fraction of sp³-hybridized carbons (Fsp3) is 0.0833. The van der Waals surface area contributed by atoms with Crippen molar-refractivity contribution in [1.29, 1.82) is 0 Å². The molecule has 3 aromatic carbocycles. The van der Waals surface area contributed by atoms with Crippen LogP contribution in [-0.4, -0.2) is 18.3 Å². The molecule has 3 aromatic rings. The van der Waals surface area contributed by atoms with Crippen molar-refractivity contribution >= 4 is 35.1 Å². The highest BCUT2D eigenvalue weighted by Crippen LogP contribution is 2.29. The molecule has 29 heavy (non-hydrogen) atoms. The minimum atomic E-state index is -0.178. The quantitative estimate of drug-likeness (QED) is 0.523. The number of nitrogens with zero attached hydrogens (tertiary/aromatic N) is 2.